The van der Waals surface area contributed by atoms with Crippen LogP contribution < -0.4 is 10.2 Å². The molecule has 182 valence electrons. The van der Waals surface area contributed by atoms with Crippen molar-refractivity contribution in [2.24, 2.45) is 5.92 Å². The minimum absolute atomic E-state index is 0.0694. The van der Waals surface area contributed by atoms with Crippen LogP contribution in [0.3, 0.4) is 0 Å². The molecule has 1 aliphatic carbocycles. The SMILES string of the molecule is CCc1nc2n(c1C(=O)O)CCN2c1c(C)cc(C)cc1C.FC(F)(F)CCNCC1CC1. The molecule has 0 atom stereocenters. The summed E-state index contributed by atoms with van der Waals surface area (Å²) in [5.41, 5.74) is 5.78. The molecule has 0 spiro atoms. The molecule has 9 heteroatoms. The van der Waals surface area contributed by atoms with Gasteiger partial charge >= 0.3 is 12.1 Å². The van der Waals surface area contributed by atoms with Crippen molar-refractivity contribution in [2.75, 3.05) is 24.5 Å². The molecule has 33 heavy (non-hydrogen) atoms. The number of alkyl halides is 3. The van der Waals surface area contributed by atoms with Crippen LogP contribution in [0, 0.1) is 26.7 Å². The summed E-state index contributed by atoms with van der Waals surface area (Å²) in [6.45, 7) is 10.5. The van der Waals surface area contributed by atoms with Gasteiger partial charge in [0.2, 0.25) is 5.95 Å². The Hall–Kier alpha value is -2.55. The molecular weight excluding hydrogens is 433 g/mol. The third kappa shape index (κ3) is 6.28. The van der Waals surface area contributed by atoms with Crippen molar-refractivity contribution in [3.63, 3.8) is 0 Å². The zero-order valence-corrected chi connectivity index (χ0v) is 19.7. The standard InChI is InChI=1S/C17H21N3O2.C7H12F3N/c1-5-13-15(16(21)22)20-7-6-19(17(20)18-13)14-11(3)8-10(2)9-12(14)4;8-7(9,10)3-4-11-5-6-1-2-6/h8-9H,5-7H2,1-4H3,(H,21,22);6,11H,1-5H2. The van der Waals surface area contributed by atoms with Crippen LogP contribution in [-0.4, -0.2) is 46.4 Å². The second kappa shape index (κ2) is 10.2. The number of rotatable bonds is 7. The average molecular weight is 467 g/mol. The van der Waals surface area contributed by atoms with Crippen molar-refractivity contribution < 1.29 is 23.1 Å². The molecule has 0 unspecified atom stereocenters. The molecule has 1 aliphatic heterocycles. The Kier molecular flexibility index (Phi) is 7.72. The Morgan fingerprint density at radius 2 is 1.82 bits per heavy atom. The van der Waals surface area contributed by atoms with Gasteiger partial charge in [-0.1, -0.05) is 24.6 Å². The van der Waals surface area contributed by atoms with E-state index in [1.54, 1.807) is 0 Å². The molecule has 0 saturated heterocycles. The van der Waals surface area contributed by atoms with E-state index < -0.39 is 18.6 Å². The minimum Gasteiger partial charge on any atom is -0.477 e. The Morgan fingerprint density at radius 1 is 1.18 bits per heavy atom. The maximum Gasteiger partial charge on any atom is 0.390 e. The molecule has 1 aromatic carbocycles. The summed E-state index contributed by atoms with van der Waals surface area (Å²) < 4.78 is 36.5. The fourth-order valence-electron chi connectivity index (χ4n) is 4.36. The van der Waals surface area contributed by atoms with Gasteiger partial charge < -0.3 is 19.9 Å². The monoisotopic (exact) mass is 466 g/mol. The zero-order chi connectivity index (χ0) is 24.3. The predicted molar refractivity (Wildman–Crippen MR) is 122 cm³/mol. The molecule has 0 radical (unpaired) electrons. The van der Waals surface area contributed by atoms with Crippen molar-refractivity contribution in [1.82, 2.24) is 14.9 Å². The third-order valence-corrected chi connectivity index (χ3v) is 5.97. The number of nitrogens with one attached hydrogen (secondary N) is 1. The normalized spacial score (nSPS) is 15.3. The highest BCUT2D eigenvalue weighted by molar-refractivity contribution is 5.88. The summed E-state index contributed by atoms with van der Waals surface area (Å²) in [7, 11) is 0. The highest BCUT2D eigenvalue weighted by atomic mass is 19.4. The van der Waals surface area contributed by atoms with Crippen LogP contribution >= 0.6 is 0 Å². The number of fused-ring (bicyclic) bond motifs is 1. The summed E-state index contributed by atoms with van der Waals surface area (Å²) in [6.07, 6.45) is -1.73. The van der Waals surface area contributed by atoms with E-state index in [1.165, 1.54) is 29.5 Å². The number of benzene rings is 1. The van der Waals surface area contributed by atoms with E-state index in [9.17, 15) is 23.1 Å². The number of carboxylic acids is 1. The van der Waals surface area contributed by atoms with Crippen LogP contribution in [0.25, 0.3) is 0 Å². The average Bonchev–Trinajstić information content (AvgIpc) is 3.33. The van der Waals surface area contributed by atoms with Gasteiger partial charge in [-0.3, -0.25) is 0 Å². The lowest BCUT2D eigenvalue weighted by atomic mass is 10.0. The van der Waals surface area contributed by atoms with Gasteiger partial charge in [0.05, 0.1) is 12.1 Å². The Bertz CT molecular complexity index is 973. The Labute approximate surface area is 192 Å². The number of hydrogen-bond donors (Lipinski definition) is 2. The molecule has 1 fully saturated rings. The number of aromatic nitrogens is 2. The third-order valence-electron chi connectivity index (χ3n) is 5.97. The number of nitrogens with zero attached hydrogens (tertiary/aromatic N) is 3. The van der Waals surface area contributed by atoms with E-state index in [1.807, 2.05) is 11.5 Å². The summed E-state index contributed by atoms with van der Waals surface area (Å²) >= 11 is 0. The first-order valence-electron chi connectivity index (χ1n) is 11.5. The lowest BCUT2D eigenvalue weighted by molar-refractivity contribution is -0.133. The van der Waals surface area contributed by atoms with E-state index in [0.717, 1.165) is 24.7 Å². The van der Waals surface area contributed by atoms with Gasteiger partial charge in [-0.2, -0.15) is 13.2 Å². The molecule has 0 amide bonds. The van der Waals surface area contributed by atoms with Crippen molar-refractivity contribution >= 4 is 17.6 Å². The van der Waals surface area contributed by atoms with Crippen LogP contribution in [0.5, 0.6) is 0 Å². The summed E-state index contributed by atoms with van der Waals surface area (Å²) in [5, 5.41) is 12.3. The molecule has 2 heterocycles. The maximum atomic E-state index is 11.6. The summed E-state index contributed by atoms with van der Waals surface area (Å²) in [5.74, 6) is 0.516. The van der Waals surface area contributed by atoms with Gasteiger partial charge in [0.15, 0.2) is 5.69 Å². The van der Waals surface area contributed by atoms with Crippen molar-refractivity contribution in [3.8, 4) is 0 Å². The first kappa shape index (κ1) is 25.1. The number of hydrogen-bond acceptors (Lipinski definition) is 4. The number of aromatic carboxylic acids is 1. The van der Waals surface area contributed by atoms with E-state index >= 15 is 0 Å². The van der Waals surface area contributed by atoms with Crippen molar-refractivity contribution in [3.05, 3.63) is 40.2 Å². The predicted octanol–water partition coefficient (Wildman–Crippen LogP) is 5.16. The Balaban J connectivity index is 0.000000235. The largest absolute Gasteiger partial charge is 0.477 e. The molecule has 2 N–H and O–H groups in total. The molecule has 6 nitrogen and oxygen atoms in total. The zero-order valence-electron chi connectivity index (χ0n) is 19.7. The van der Waals surface area contributed by atoms with Crippen LogP contribution in [0.4, 0.5) is 24.8 Å². The van der Waals surface area contributed by atoms with E-state index in [0.29, 0.717) is 30.3 Å². The van der Waals surface area contributed by atoms with Gasteiger partial charge in [0, 0.05) is 25.3 Å². The molecule has 4 rings (SSSR count). The fraction of sp³-hybridized carbons (Fsp3) is 0.583. The molecular formula is C24H33F3N4O2. The van der Waals surface area contributed by atoms with Crippen LogP contribution in [0.1, 0.15) is 59.1 Å². The summed E-state index contributed by atoms with van der Waals surface area (Å²) in [6, 6.07) is 4.32. The maximum absolute atomic E-state index is 11.6. The van der Waals surface area contributed by atoms with Crippen LogP contribution in [-0.2, 0) is 13.0 Å². The number of halogens is 3. The van der Waals surface area contributed by atoms with Crippen molar-refractivity contribution in [1.29, 1.82) is 0 Å². The van der Waals surface area contributed by atoms with Gasteiger partial charge in [-0.05, 0) is 63.6 Å². The van der Waals surface area contributed by atoms with Gasteiger partial charge in [-0.25, -0.2) is 9.78 Å². The fourth-order valence-corrected chi connectivity index (χ4v) is 4.36. The number of carboxylic acid groups (broad SMARTS) is 1. The number of carbonyl (C=O) groups is 1. The number of imidazole rings is 1. The lowest BCUT2D eigenvalue weighted by Gasteiger charge is -2.22. The minimum atomic E-state index is -4.00. The van der Waals surface area contributed by atoms with Gasteiger partial charge in [-0.15, -0.1) is 0 Å². The highest BCUT2D eigenvalue weighted by Crippen LogP contribution is 2.36. The second-order valence-electron chi connectivity index (χ2n) is 8.93. The lowest BCUT2D eigenvalue weighted by Crippen LogP contribution is -2.23. The summed E-state index contributed by atoms with van der Waals surface area (Å²) in [4.78, 5) is 18.3. The molecule has 1 aromatic heterocycles. The molecule has 1 saturated carbocycles. The second-order valence-corrected chi connectivity index (χ2v) is 8.93. The smallest absolute Gasteiger partial charge is 0.390 e. The van der Waals surface area contributed by atoms with E-state index in [4.69, 9.17) is 0 Å². The van der Waals surface area contributed by atoms with E-state index in [2.05, 4.69) is 48.1 Å². The Morgan fingerprint density at radius 3 is 2.33 bits per heavy atom. The van der Waals surface area contributed by atoms with Crippen LogP contribution in [0.15, 0.2) is 12.1 Å². The molecule has 2 aromatic rings. The van der Waals surface area contributed by atoms with Gasteiger partial charge in [0.25, 0.3) is 0 Å². The first-order valence-corrected chi connectivity index (χ1v) is 11.5. The number of aryl methyl sites for hydroxylation is 4. The van der Waals surface area contributed by atoms with Crippen molar-refractivity contribution in [2.45, 2.75) is 66.1 Å². The van der Waals surface area contributed by atoms with Gasteiger partial charge in [0.1, 0.15) is 0 Å². The van der Waals surface area contributed by atoms with Crippen LogP contribution in [0.2, 0.25) is 0 Å². The quantitative estimate of drug-likeness (QED) is 0.552. The first-order chi connectivity index (χ1) is 15.5. The van der Waals surface area contributed by atoms with E-state index in [-0.39, 0.29) is 6.54 Å². The molecule has 2 aliphatic rings. The highest BCUT2D eigenvalue weighted by Gasteiger charge is 2.31. The number of anilines is 2. The topological polar surface area (TPSA) is 70.4 Å². The molecule has 0 bridgehead atoms.